The van der Waals surface area contributed by atoms with Gasteiger partial charge in [-0.15, -0.1) is 0 Å². The van der Waals surface area contributed by atoms with Gasteiger partial charge in [0.25, 0.3) is 5.56 Å². The van der Waals surface area contributed by atoms with E-state index >= 15 is 0 Å². The van der Waals surface area contributed by atoms with Crippen LogP contribution in [0.3, 0.4) is 0 Å². The van der Waals surface area contributed by atoms with Gasteiger partial charge in [0.2, 0.25) is 0 Å². The van der Waals surface area contributed by atoms with Crippen molar-refractivity contribution in [3.63, 3.8) is 0 Å². The van der Waals surface area contributed by atoms with Gasteiger partial charge in [0, 0.05) is 7.11 Å². The lowest BCUT2D eigenvalue weighted by Crippen LogP contribution is -2.42. The number of aromatic amines is 1. The summed E-state index contributed by atoms with van der Waals surface area (Å²) in [6.45, 7) is 2.73. The minimum Gasteiger partial charge on any atom is -0.400 e. The molecule has 0 fully saturated rings. The van der Waals surface area contributed by atoms with Crippen LogP contribution >= 0.6 is 0 Å². The maximum absolute atomic E-state index is 12.2. The average Bonchev–Trinajstić information content (AvgIpc) is 2.70. The summed E-state index contributed by atoms with van der Waals surface area (Å²) >= 11 is 0. The molecule has 0 saturated carbocycles. The molecule has 0 saturated heterocycles. The maximum Gasteiger partial charge on any atom is 0.349 e. The molecular weight excluding hydrogens is 384 g/mol. The number of nitrogens with one attached hydrogen (secondary N) is 1. The zero-order chi connectivity index (χ0) is 21.9. The quantitative estimate of drug-likeness (QED) is 0.257. The molecule has 2 aliphatic rings. The van der Waals surface area contributed by atoms with Crippen LogP contribution in [0.1, 0.15) is 11.1 Å². The van der Waals surface area contributed by atoms with E-state index in [1.54, 1.807) is 12.1 Å². The first-order chi connectivity index (χ1) is 13.7. The van der Waals surface area contributed by atoms with Crippen LogP contribution in [-0.2, 0) is 6.54 Å². The van der Waals surface area contributed by atoms with E-state index in [0.29, 0.717) is 11.0 Å². The zero-order valence-corrected chi connectivity index (χ0v) is 16.2. The lowest BCUT2D eigenvalue weighted by Gasteiger charge is -2.25. The number of H-pyrrole nitrogens is 1. The second-order valence-corrected chi connectivity index (χ2v) is 6.50. The van der Waals surface area contributed by atoms with Gasteiger partial charge < -0.3 is 30.1 Å². The molecule has 11 nitrogen and oxygen atoms in total. The molecule has 1 aromatic carbocycles. The van der Waals surface area contributed by atoms with Gasteiger partial charge in [-0.3, -0.25) is 9.78 Å². The molecule has 29 heavy (non-hydrogen) atoms. The Labute approximate surface area is 164 Å². The minimum absolute atomic E-state index is 0.0516. The van der Waals surface area contributed by atoms with E-state index in [2.05, 4.69) is 15.0 Å². The predicted octanol–water partition coefficient (Wildman–Crippen LogP) is -2.12. The number of benzene rings is 1. The van der Waals surface area contributed by atoms with Crippen LogP contribution in [0.15, 0.2) is 21.7 Å². The number of aliphatic hydroxyl groups excluding tert-OH is 5. The van der Waals surface area contributed by atoms with Crippen molar-refractivity contribution in [1.29, 1.82) is 0 Å². The van der Waals surface area contributed by atoms with Crippen LogP contribution < -0.4 is 11.2 Å². The summed E-state index contributed by atoms with van der Waals surface area (Å²) in [6.07, 6.45) is -4.68. The highest BCUT2D eigenvalue weighted by atomic mass is 16.4. The van der Waals surface area contributed by atoms with Crippen LogP contribution in [0.4, 0.5) is 0 Å². The molecule has 3 rings (SSSR count). The van der Waals surface area contributed by atoms with Gasteiger partial charge in [0.05, 0.1) is 24.2 Å². The molecule has 11 heteroatoms. The van der Waals surface area contributed by atoms with Crippen LogP contribution in [0, 0.1) is 13.8 Å². The fraction of sp³-hybridized carbons (Fsp3) is 0.444. The second-order valence-electron chi connectivity index (χ2n) is 6.50. The molecule has 158 valence electrons. The third-order valence-corrected chi connectivity index (χ3v) is 4.57. The Morgan fingerprint density at radius 1 is 1.03 bits per heavy atom. The van der Waals surface area contributed by atoms with Crippen molar-refractivity contribution in [3.8, 4) is 11.5 Å². The molecule has 2 aliphatic heterocycles. The highest BCUT2D eigenvalue weighted by molar-refractivity contribution is 5.81. The number of nitrogens with zero attached hydrogens (tertiary/aromatic N) is 3. The summed E-state index contributed by atoms with van der Waals surface area (Å²) in [7, 11) is 1.00. The molecule has 3 atom stereocenters. The van der Waals surface area contributed by atoms with E-state index in [1.807, 2.05) is 13.8 Å². The number of rotatable bonds is 5. The topological polar surface area (TPSA) is 182 Å². The number of aryl methyl sites for hydroxylation is 2. The van der Waals surface area contributed by atoms with Crippen molar-refractivity contribution in [2.45, 2.75) is 38.7 Å². The van der Waals surface area contributed by atoms with Crippen LogP contribution in [0.25, 0.3) is 22.6 Å². The third kappa shape index (κ3) is 4.49. The molecule has 2 heterocycles. The van der Waals surface area contributed by atoms with E-state index in [1.165, 1.54) is 4.57 Å². The molecule has 0 radical (unpaired) electrons. The number of fused-ring (bicyclic) bond motifs is 2. The van der Waals surface area contributed by atoms with E-state index in [4.69, 9.17) is 10.2 Å². The summed E-state index contributed by atoms with van der Waals surface area (Å²) in [5.41, 5.74) is 1.11. The van der Waals surface area contributed by atoms with E-state index in [9.17, 15) is 24.9 Å². The van der Waals surface area contributed by atoms with Crippen molar-refractivity contribution in [2.24, 2.45) is 0 Å². The van der Waals surface area contributed by atoms with Gasteiger partial charge >= 0.3 is 5.69 Å². The molecule has 0 unspecified atom stereocenters. The minimum atomic E-state index is -1.64. The lowest BCUT2D eigenvalue weighted by atomic mass is 10.1. The first kappa shape index (κ1) is 22.6. The van der Waals surface area contributed by atoms with Gasteiger partial charge in [-0.2, -0.15) is 4.98 Å². The smallest absolute Gasteiger partial charge is 0.349 e. The van der Waals surface area contributed by atoms with Gasteiger partial charge in [-0.1, -0.05) is 0 Å². The molecule has 0 amide bonds. The van der Waals surface area contributed by atoms with Gasteiger partial charge in [-0.05, 0) is 37.1 Å². The molecule has 0 aromatic heterocycles. The highest BCUT2D eigenvalue weighted by Gasteiger charge is 2.27. The summed E-state index contributed by atoms with van der Waals surface area (Å²) < 4.78 is 1.40. The Kier molecular flexibility index (Phi) is 7.16. The lowest BCUT2D eigenvalue weighted by molar-refractivity contribution is -0.0802. The van der Waals surface area contributed by atoms with Gasteiger partial charge in [-0.25, -0.2) is 9.78 Å². The zero-order valence-electron chi connectivity index (χ0n) is 16.2. The van der Waals surface area contributed by atoms with Gasteiger partial charge in [0.1, 0.15) is 18.3 Å². The largest absolute Gasteiger partial charge is 0.400 e. The van der Waals surface area contributed by atoms with Gasteiger partial charge in [0.15, 0.2) is 11.5 Å². The standard InChI is InChI=1S/C17H20N4O6.CH4O/c1-7-3-9-10(4-8(7)2)21(5-11(23)14(25)12(24)6-22)15-13(18-9)16(26)20-17(27)19-15;1-2/h3-4,11-12,14,22-25H,5-6H2,1-2H3,(H,20,26,27);2H,1H3/t11-,12+,14-;/m0./s1. The first-order valence-electron chi connectivity index (χ1n) is 8.74. The number of hydrogen-bond donors (Lipinski definition) is 6. The normalized spacial score (nSPS) is 14.3. The highest BCUT2D eigenvalue weighted by Crippen LogP contribution is 2.24. The maximum atomic E-state index is 12.2. The van der Waals surface area contributed by atoms with Crippen molar-refractivity contribution in [2.75, 3.05) is 13.7 Å². The summed E-state index contributed by atoms with van der Waals surface area (Å²) in [6, 6.07) is 3.53. The Balaban J connectivity index is 0.00000145. The summed E-state index contributed by atoms with van der Waals surface area (Å²) in [5.74, 6) is -0.0516. The SMILES string of the molecule is CO.Cc1cc2nc3c(=O)[nH]c(=O)nc-3n(C[C@H](O)[C@H](O)[C@H](O)CO)c2cc1C. The summed E-state index contributed by atoms with van der Waals surface area (Å²) in [5, 5.41) is 45.8. The Morgan fingerprint density at radius 2 is 1.66 bits per heavy atom. The summed E-state index contributed by atoms with van der Waals surface area (Å²) in [4.78, 5) is 34.0. The molecule has 0 aliphatic carbocycles. The number of aromatic nitrogens is 4. The second kappa shape index (κ2) is 9.20. The Hall–Kier alpha value is -2.70. The third-order valence-electron chi connectivity index (χ3n) is 4.57. The number of hydrogen-bond acceptors (Lipinski definition) is 9. The Morgan fingerprint density at radius 3 is 2.28 bits per heavy atom. The molecule has 0 bridgehead atoms. The Bertz CT molecular complexity index is 1080. The van der Waals surface area contributed by atoms with E-state index in [-0.39, 0.29) is 18.1 Å². The van der Waals surface area contributed by atoms with E-state index < -0.39 is 36.2 Å². The van der Waals surface area contributed by atoms with Crippen molar-refractivity contribution in [3.05, 3.63) is 44.1 Å². The average molecular weight is 408 g/mol. The fourth-order valence-corrected chi connectivity index (χ4v) is 2.89. The van der Waals surface area contributed by atoms with Crippen molar-refractivity contribution >= 4 is 11.0 Å². The monoisotopic (exact) mass is 408 g/mol. The molecular formula is C18H24N4O7. The molecule has 1 aromatic rings. The van der Waals surface area contributed by atoms with Crippen molar-refractivity contribution < 1.29 is 25.5 Å². The molecule has 6 N–H and O–H groups in total. The number of aliphatic hydroxyl groups is 5. The van der Waals surface area contributed by atoms with E-state index in [0.717, 1.165) is 18.2 Å². The predicted molar refractivity (Wildman–Crippen MR) is 104 cm³/mol. The molecule has 0 spiro atoms. The van der Waals surface area contributed by atoms with Crippen LogP contribution in [0.2, 0.25) is 0 Å². The van der Waals surface area contributed by atoms with Crippen LogP contribution in [0.5, 0.6) is 0 Å². The van der Waals surface area contributed by atoms with Crippen molar-refractivity contribution in [1.82, 2.24) is 19.5 Å². The fourth-order valence-electron chi connectivity index (χ4n) is 2.89. The first-order valence-corrected chi connectivity index (χ1v) is 8.74. The van der Waals surface area contributed by atoms with Crippen LogP contribution in [-0.4, -0.2) is 77.1 Å².